The highest BCUT2D eigenvalue weighted by atomic mass is 19.4. The number of alkyl halides is 6. The third-order valence-electron chi connectivity index (χ3n) is 3.29. The van der Waals surface area contributed by atoms with E-state index in [9.17, 15) is 31.1 Å². The first kappa shape index (κ1) is 18.6. The van der Waals surface area contributed by atoms with Crippen LogP contribution in [0, 0.1) is 0 Å². The molecule has 2 nitrogen and oxygen atoms in total. The van der Waals surface area contributed by atoms with Gasteiger partial charge in [0.2, 0.25) is 0 Å². The summed E-state index contributed by atoms with van der Waals surface area (Å²) in [5.74, 6) is -1.34. The van der Waals surface area contributed by atoms with Crippen molar-refractivity contribution >= 4 is 12.0 Å². The molecular weight excluding hydrogens is 350 g/mol. The monoisotopic (exact) mass is 360 g/mol. The molecule has 0 saturated heterocycles. The minimum Gasteiger partial charge on any atom is -0.478 e. The number of carboxylic acid groups (broad SMARTS) is 1. The Labute approximate surface area is 138 Å². The number of benzene rings is 2. The van der Waals surface area contributed by atoms with Gasteiger partial charge in [0.25, 0.3) is 0 Å². The van der Waals surface area contributed by atoms with Gasteiger partial charge in [0, 0.05) is 6.08 Å². The molecule has 0 fully saturated rings. The van der Waals surface area contributed by atoms with Crippen molar-refractivity contribution in [1.82, 2.24) is 0 Å². The molecule has 0 heterocycles. The van der Waals surface area contributed by atoms with Crippen LogP contribution in [0.4, 0.5) is 26.3 Å². The second-order valence-electron chi connectivity index (χ2n) is 5.05. The van der Waals surface area contributed by atoms with Crippen LogP contribution in [0.3, 0.4) is 0 Å². The normalized spacial score (nSPS) is 12.6. The lowest BCUT2D eigenvalue weighted by Gasteiger charge is -2.14. The number of carbonyl (C=O) groups is 1. The van der Waals surface area contributed by atoms with Crippen LogP contribution in [-0.2, 0) is 17.1 Å². The molecular formula is C17H10F6O2. The van der Waals surface area contributed by atoms with Crippen molar-refractivity contribution in [2.75, 3.05) is 0 Å². The number of carboxylic acids is 1. The molecule has 0 aliphatic rings. The van der Waals surface area contributed by atoms with Gasteiger partial charge in [-0.15, -0.1) is 0 Å². The number of halogens is 6. The molecule has 0 unspecified atom stereocenters. The van der Waals surface area contributed by atoms with E-state index in [0.717, 1.165) is 30.3 Å². The van der Waals surface area contributed by atoms with Crippen molar-refractivity contribution < 1.29 is 36.2 Å². The second-order valence-corrected chi connectivity index (χ2v) is 5.05. The van der Waals surface area contributed by atoms with E-state index in [1.54, 1.807) is 0 Å². The molecule has 0 aromatic heterocycles. The molecule has 0 spiro atoms. The Morgan fingerprint density at radius 2 is 1.48 bits per heavy atom. The molecule has 0 aliphatic heterocycles. The maximum Gasteiger partial charge on any atom is 0.416 e. The second kappa shape index (κ2) is 6.62. The number of hydrogen-bond acceptors (Lipinski definition) is 1. The number of hydrogen-bond donors (Lipinski definition) is 1. The Hall–Kier alpha value is -2.77. The molecule has 0 atom stereocenters. The topological polar surface area (TPSA) is 37.3 Å². The molecule has 1 N–H and O–H groups in total. The molecule has 8 heteroatoms. The Morgan fingerprint density at radius 3 is 2.04 bits per heavy atom. The summed E-state index contributed by atoms with van der Waals surface area (Å²) in [4.78, 5) is 10.6. The summed E-state index contributed by atoms with van der Waals surface area (Å²) in [6, 6.07) is 6.25. The van der Waals surface area contributed by atoms with Gasteiger partial charge in [0.1, 0.15) is 0 Å². The van der Waals surface area contributed by atoms with E-state index >= 15 is 0 Å². The predicted octanol–water partition coefficient (Wildman–Crippen LogP) is 5.49. The fraction of sp³-hybridized carbons (Fsp3) is 0.118. The quantitative estimate of drug-likeness (QED) is 0.581. The van der Waals surface area contributed by atoms with Crippen LogP contribution in [0.5, 0.6) is 0 Å². The lowest BCUT2D eigenvalue weighted by Crippen LogP contribution is -2.06. The van der Waals surface area contributed by atoms with Gasteiger partial charge in [-0.1, -0.05) is 18.2 Å². The van der Waals surface area contributed by atoms with Crippen molar-refractivity contribution in [3.8, 4) is 11.1 Å². The fourth-order valence-corrected chi connectivity index (χ4v) is 2.15. The highest BCUT2D eigenvalue weighted by Crippen LogP contribution is 2.37. The summed E-state index contributed by atoms with van der Waals surface area (Å²) in [6.45, 7) is 0. The lowest BCUT2D eigenvalue weighted by atomic mass is 9.95. The van der Waals surface area contributed by atoms with E-state index in [0.29, 0.717) is 18.2 Å². The van der Waals surface area contributed by atoms with Crippen LogP contribution >= 0.6 is 0 Å². The Morgan fingerprint density at radius 1 is 0.880 bits per heavy atom. The Kier molecular flexibility index (Phi) is 4.92. The van der Waals surface area contributed by atoms with Crippen molar-refractivity contribution in [1.29, 1.82) is 0 Å². The van der Waals surface area contributed by atoms with E-state index in [1.165, 1.54) is 6.07 Å². The largest absolute Gasteiger partial charge is 0.478 e. The maximum atomic E-state index is 12.9. The average Bonchev–Trinajstić information content (AvgIpc) is 2.51. The van der Waals surface area contributed by atoms with Crippen molar-refractivity contribution in [2.24, 2.45) is 0 Å². The van der Waals surface area contributed by atoms with E-state index in [-0.39, 0.29) is 16.7 Å². The summed E-state index contributed by atoms with van der Waals surface area (Å²) < 4.78 is 77.2. The zero-order chi connectivity index (χ0) is 18.8. The Balaban J connectivity index is 2.66. The fourth-order valence-electron chi connectivity index (χ4n) is 2.15. The first-order chi connectivity index (χ1) is 11.5. The SMILES string of the molecule is O=C(O)/C=C/c1ccc(C(F)(F)F)cc1-c1cccc(C(F)(F)F)c1. The maximum absolute atomic E-state index is 12.9. The third-order valence-corrected chi connectivity index (χ3v) is 3.29. The highest BCUT2D eigenvalue weighted by Gasteiger charge is 2.32. The van der Waals surface area contributed by atoms with E-state index in [4.69, 9.17) is 5.11 Å². The smallest absolute Gasteiger partial charge is 0.416 e. The van der Waals surface area contributed by atoms with Crippen LogP contribution in [0.2, 0.25) is 0 Å². The molecule has 0 bridgehead atoms. The average molecular weight is 360 g/mol. The standard InChI is InChI=1S/C17H10F6O2/c18-16(19,20)12-3-1-2-11(8-12)14-9-13(17(21,22)23)6-4-10(14)5-7-15(24)25/h1-9H,(H,24,25)/b7-5+. The van der Waals surface area contributed by atoms with E-state index < -0.39 is 29.4 Å². The Bertz CT molecular complexity index is 819. The highest BCUT2D eigenvalue weighted by molar-refractivity contribution is 5.88. The van der Waals surface area contributed by atoms with Gasteiger partial charge in [-0.2, -0.15) is 26.3 Å². The van der Waals surface area contributed by atoms with Gasteiger partial charge in [-0.25, -0.2) is 4.79 Å². The van der Waals surface area contributed by atoms with Crippen LogP contribution < -0.4 is 0 Å². The van der Waals surface area contributed by atoms with Gasteiger partial charge in [-0.05, 0) is 47.0 Å². The van der Waals surface area contributed by atoms with Gasteiger partial charge < -0.3 is 5.11 Å². The summed E-state index contributed by atoms with van der Waals surface area (Å²) in [7, 11) is 0. The predicted molar refractivity (Wildman–Crippen MR) is 78.6 cm³/mol. The minimum atomic E-state index is -4.69. The molecule has 2 rings (SSSR count). The van der Waals surface area contributed by atoms with Crippen LogP contribution in [0.25, 0.3) is 17.2 Å². The van der Waals surface area contributed by atoms with Crippen LogP contribution in [0.15, 0.2) is 48.5 Å². The number of aliphatic carboxylic acids is 1. The molecule has 2 aromatic rings. The third kappa shape index (κ3) is 4.62. The van der Waals surface area contributed by atoms with Gasteiger partial charge in [0.15, 0.2) is 0 Å². The molecule has 25 heavy (non-hydrogen) atoms. The molecule has 132 valence electrons. The summed E-state index contributed by atoms with van der Waals surface area (Å²) in [5, 5.41) is 8.66. The van der Waals surface area contributed by atoms with Crippen LogP contribution in [-0.4, -0.2) is 11.1 Å². The summed E-state index contributed by atoms with van der Waals surface area (Å²) in [5.41, 5.74) is -2.28. The van der Waals surface area contributed by atoms with Crippen LogP contribution in [0.1, 0.15) is 16.7 Å². The first-order valence-corrected chi connectivity index (χ1v) is 6.78. The first-order valence-electron chi connectivity index (χ1n) is 6.78. The molecule has 0 saturated carbocycles. The number of rotatable bonds is 3. The van der Waals surface area contributed by atoms with Gasteiger partial charge in [-0.3, -0.25) is 0 Å². The van der Waals surface area contributed by atoms with E-state index in [2.05, 4.69) is 0 Å². The van der Waals surface area contributed by atoms with Crippen molar-refractivity contribution in [3.63, 3.8) is 0 Å². The molecule has 0 radical (unpaired) electrons. The summed E-state index contributed by atoms with van der Waals surface area (Å²) >= 11 is 0. The summed E-state index contributed by atoms with van der Waals surface area (Å²) in [6.07, 6.45) is -7.63. The van der Waals surface area contributed by atoms with Crippen molar-refractivity contribution in [2.45, 2.75) is 12.4 Å². The zero-order valence-electron chi connectivity index (χ0n) is 12.3. The zero-order valence-corrected chi connectivity index (χ0v) is 12.3. The van der Waals surface area contributed by atoms with Gasteiger partial charge >= 0.3 is 18.3 Å². The van der Waals surface area contributed by atoms with Gasteiger partial charge in [0.05, 0.1) is 11.1 Å². The molecule has 0 aliphatic carbocycles. The molecule has 0 amide bonds. The lowest BCUT2D eigenvalue weighted by molar-refractivity contribution is -0.138. The minimum absolute atomic E-state index is 0.0507. The molecule has 2 aromatic carbocycles. The van der Waals surface area contributed by atoms with Crippen molar-refractivity contribution in [3.05, 3.63) is 65.2 Å². The van der Waals surface area contributed by atoms with E-state index in [1.807, 2.05) is 0 Å².